The zero-order valence-corrected chi connectivity index (χ0v) is 21.0. The Kier molecular flexibility index (Phi) is 7.86. The normalized spacial score (nSPS) is 14.7. The molecule has 4 rings (SSSR count). The number of hydrogen-bond acceptors (Lipinski definition) is 6. The zero-order chi connectivity index (χ0) is 22.5. The van der Waals surface area contributed by atoms with Gasteiger partial charge in [-0.3, -0.25) is 14.7 Å². The maximum Gasteiger partial charge on any atom is 0.306 e. The van der Waals surface area contributed by atoms with Gasteiger partial charge in [0.15, 0.2) is 0 Å². The molecule has 1 aliphatic rings. The number of ether oxygens (including phenoxy) is 1. The molecule has 170 valence electrons. The van der Waals surface area contributed by atoms with E-state index < -0.39 is 0 Å². The molecule has 3 aromatic heterocycles. The largest absolute Gasteiger partial charge is 0.466 e. The van der Waals surface area contributed by atoms with Crippen molar-refractivity contribution in [2.24, 2.45) is 0 Å². The summed E-state index contributed by atoms with van der Waals surface area (Å²) in [7, 11) is 0. The minimum absolute atomic E-state index is 0.171. The molecule has 8 heteroatoms. The number of thioether (sulfide) groups is 1. The van der Waals surface area contributed by atoms with Gasteiger partial charge in [0.2, 0.25) is 0 Å². The van der Waals surface area contributed by atoms with Gasteiger partial charge in [0, 0.05) is 71.2 Å². The molecule has 0 aliphatic carbocycles. The van der Waals surface area contributed by atoms with E-state index in [-0.39, 0.29) is 5.97 Å². The smallest absolute Gasteiger partial charge is 0.306 e. The Morgan fingerprint density at radius 3 is 2.75 bits per heavy atom. The highest BCUT2D eigenvalue weighted by molar-refractivity contribution is 9.10. The van der Waals surface area contributed by atoms with Crippen LogP contribution in [0.15, 0.2) is 35.1 Å². The number of carbonyl (C=O) groups is 1. The van der Waals surface area contributed by atoms with Crippen molar-refractivity contribution in [1.82, 2.24) is 19.5 Å². The summed E-state index contributed by atoms with van der Waals surface area (Å²) in [6, 6.07) is 6.38. The van der Waals surface area contributed by atoms with Crippen LogP contribution in [0.2, 0.25) is 0 Å². The van der Waals surface area contributed by atoms with E-state index in [1.54, 1.807) is 6.20 Å². The molecule has 1 fully saturated rings. The standard InChI is InChI=1S/C24H29BrN4O2S/c1-3-19-5-7-22-24(17-13-18(25)15-26-14-17)20(6-8-23(30)31-4-2)21(27-29(19)22)16-28-9-11-32-12-10-28/h5,7,13-15H,3-4,6,8-12,16H2,1-2H3. The molecular weight excluding hydrogens is 488 g/mol. The second-order valence-corrected chi connectivity index (χ2v) is 10.0. The van der Waals surface area contributed by atoms with E-state index in [1.807, 2.05) is 24.9 Å². The molecule has 0 atom stereocenters. The van der Waals surface area contributed by atoms with Crippen LogP contribution in [0, 0.1) is 0 Å². The Bertz CT molecular complexity index is 1100. The van der Waals surface area contributed by atoms with Crippen molar-refractivity contribution in [3.8, 4) is 11.1 Å². The van der Waals surface area contributed by atoms with Crippen molar-refractivity contribution in [3.63, 3.8) is 0 Å². The first-order valence-electron chi connectivity index (χ1n) is 11.2. The minimum atomic E-state index is -0.171. The van der Waals surface area contributed by atoms with E-state index in [0.717, 1.165) is 69.9 Å². The topological polar surface area (TPSA) is 59.7 Å². The third-order valence-electron chi connectivity index (χ3n) is 5.78. The molecule has 0 N–H and O–H groups in total. The third kappa shape index (κ3) is 5.18. The zero-order valence-electron chi connectivity index (χ0n) is 18.6. The van der Waals surface area contributed by atoms with Crippen LogP contribution in [0.5, 0.6) is 0 Å². The van der Waals surface area contributed by atoms with Gasteiger partial charge in [0.1, 0.15) is 0 Å². The number of hydrogen-bond donors (Lipinski definition) is 0. The highest BCUT2D eigenvalue weighted by Crippen LogP contribution is 2.34. The lowest BCUT2D eigenvalue weighted by Gasteiger charge is -2.27. The molecule has 32 heavy (non-hydrogen) atoms. The van der Waals surface area contributed by atoms with Crippen LogP contribution in [-0.4, -0.2) is 56.7 Å². The Morgan fingerprint density at radius 2 is 2.03 bits per heavy atom. The van der Waals surface area contributed by atoms with Crippen molar-refractivity contribution >= 4 is 39.2 Å². The molecule has 1 saturated heterocycles. The van der Waals surface area contributed by atoms with Crippen LogP contribution < -0.4 is 0 Å². The summed E-state index contributed by atoms with van der Waals surface area (Å²) in [5.74, 6) is 2.12. The summed E-state index contributed by atoms with van der Waals surface area (Å²) < 4.78 is 8.24. The predicted octanol–water partition coefficient (Wildman–Crippen LogP) is 4.77. The molecule has 0 bridgehead atoms. The molecule has 0 radical (unpaired) electrons. The number of pyridine rings is 1. The number of nitrogens with zero attached hydrogens (tertiary/aromatic N) is 4. The van der Waals surface area contributed by atoms with Gasteiger partial charge >= 0.3 is 5.97 Å². The van der Waals surface area contributed by atoms with Crippen LogP contribution in [-0.2, 0) is 28.9 Å². The Labute approximate surface area is 201 Å². The summed E-state index contributed by atoms with van der Waals surface area (Å²) >= 11 is 5.58. The average Bonchev–Trinajstić information content (AvgIpc) is 3.20. The number of aromatic nitrogens is 3. The fourth-order valence-corrected chi connectivity index (χ4v) is 5.57. The van der Waals surface area contributed by atoms with Crippen molar-refractivity contribution in [2.75, 3.05) is 31.2 Å². The van der Waals surface area contributed by atoms with E-state index in [9.17, 15) is 4.79 Å². The molecule has 4 heterocycles. The molecule has 6 nitrogen and oxygen atoms in total. The third-order valence-corrected chi connectivity index (χ3v) is 7.15. The summed E-state index contributed by atoms with van der Waals surface area (Å²) in [5, 5.41) is 5.12. The number of rotatable bonds is 8. The van der Waals surface area contributed by atoms with Crippen molar-refractivity contribution in [3.05, 3.63) is 52.0 Å². The van der Waals surface area contributed by atoms with Crippen molar-refractivity contribution in [2.45, 2.75) is 39.7 Å². The van der Waals surface area contributed by atoms with E-state index in [4.69, 9.17) is 9.84 Å². The number of aryl methyl sites for hydroxylation is 1. The SMILES string of the molecule is CCOC(=O)CCc1c(CN2CCSCC2)nn2c(CC)ccc2c1-c1cncc(Br)c1. The molecule has 0 saturated carbocycles. The number of fused-ring (bicyclic) bond motifs is 1. The van der Waals surface area contributed by atoms with E-state index in [2.05, 4.69) is 55.5 Å². The first-order valence-corrected chi connectivity index (χ1v) is 13.1. The van der Waals surface area contributed by atoms with Crippen molar-refractivity contribution < 1.29 is 9.53 Å². The van der Waals surface area contributed by atoms with E-state index >= 15 is 0 Å². The fraction of sp³-hybridized carbons (Fsp3) is 0.458. The van der Waals surface area contributed by atoms with Gasteiger partial charge in [0.05, 0.1) is 17.8 Å². The number of halogens is 1. The number of carbonyl (C=O) groups excluding carboxylic acids is 1. The van der Waals surface area contributed by atoms with Crippen LogP contribution in [0.4, 0.5) is 0 Å². The Morgan fingerprint density at radius 1 is 1.22 bits per heavy atom. The van der Waals surface area contributed by atoms with Gasteiger partial charge in [-0.15, -0.1) is 0 Å². The summed E-state index contributed by atoms with van der Waals surface area (Å²) in [5.41, 5.74) is 6.52. The maximum atomic E-state index is 12.3. The summed E-state index contributed by atoms with van der Waals surface area (Å²) in [6.45, 7) is 7.29. The van der Waals surface area contributed by atoms with Crippen LogP contribution in [0.25, 0.3) is 16.6 Å². The minimum Gasteiger partial charge on any atom is -0.466 e. The molecule has 0 amide bonds. The lowest BCUT2D eigenvalue weighted by atomic mass is 9.96. The quantitative estimate of drug-likeness (QED) is 0.402. The van der Waals surface area contributed by atoms with Gasteiger partial charge in [-0.25, -0.2) is 4.52 Å². The van der Waals surface area contributed by atoms with Crippen LogP contribution >= 0.6 is 27.7 Å². The van der Waals surface area contributed by atoms with E-state index in [0.29, 0.717) is 19.4 Å². The predicted molar refractivity (Wildman–Crippen MR) is 133 cm³/mol. The van der Waals surface area contributed by atoms with Gasteiger partial charge in [-0.1, -0.05) is 6.92 Å². The molecule has 3 aromatic rings. The fourth-order valence-electron chi connectivity index (χ4n) is 4.22. The summed E-state index contributed by atoms with van der Waals surface area (Å²) in [6.07, 6.45) is 5.52. The van der Waals surface area contributed by atoms with Gasteiger partial charge in [0.25, 0.3) is 0 Å². The molecular formula is C24H29BrN4O2S. The highest BCUT2D eigenvalue weighted by atomic mass is 79.9. The van der Waals surface area contributed by atoms with Crippen LogP contribution in [0.3, 0.4) is 0 Å². The first kappa shape index (κ1) is 23.3. The van der Waals surface area contributed by atoms with Gasteiger partial charge < -0.3 is 4.74 Å². The maximum absolute atomic E-state index is 12.3. The monoisotopic (exact) mass is 516 g/mol. The molecule has 0 unspecified atom stereocenters. The second kappa shape index (κ2) is 10.8. The highest BCUT2D eigenvalue weighted by Gasteiger charge is 2.22. The number of esters is 1. The molecule has 0 aromatic carbocycles. The molecule has 1 aliphatic heterocycles. The Hall–Kier alpha value is -1.90. The lowest BCUT2D eigenvalue weighted by molar-refractivity contribution is -0.143. The summed E-state index contributed by atoms with van der Waals surface area (Å²) in [4.78, 5) is 19.1. The van der Waals surface area contributed by atoms with Gasteiger partial charge in [-0.2, -0.15) is 16.9 Å². The Balaban J connectivity index is 1.87. The average molecular weight is 517 g/mol. The van der Waals surface area contributed by atoms with E-state index in [1.165, 1.54) is 5.69 Å². The van der Waals surface area contributed by atoms with Crippen molar-refractivity contribution in [1.29, 1.82) is 0 Å². The van der Waals surface area contributed by atoms with Gasteiger partial charge in [-0.05, 0) is 59.5 Å². The second-order valence-electron chi connectivity index (χ2n) is 7.86. The lowest BCUT2D eigenvalue weighted by Crippen LogP contribution is -2.33. The molecule has 0 spiro atoms. The first-order chi connectivity index (χ1) is 15.6. The van der Waals surface area contributed by atoms with Crippen LogP contribution in [0.1, 0.15) is 37.2 Å².